The molecule has 0 aliphatic carbocycles. The van der Waals surface area contributed by atoms with E-state index in [2.05, 4.69) is 41.3 Å². The first-order valence-electron chi connectivity index (χ1n) is 9.95. The number of aromatic amines is 1. The summed E-state index contributed by atoms with van der Waals surface area (Å²) in [5.74, 6) is 0.573. The van der Waals surface area contributed by atoms with Crippen LogP contribution in [0.4, 0.5) is 0 Å². The topological polar surface area (TPSA) is 63.6 Å². The minimum Gasteiger partial charge on any atom is -0.310 e. The molecule has 4 rings (SSSR count). The highest BCUT2D eigenvalue weighted by Crippen LogP contribution is 2.24. The van der Waals surface area contributed by atoms with Gasteiger partial charge in [0, 0.05) is 6.42 Å². The zero-order valence-corrected chi connectivity index (χ0v) is 18.1. The van der Waals surface area contributed by atoms with Crippen LogP contribution in [0.25, 0.3) is 11.0 Å². The molecule has 7 heteroatoms. The van der Waals surface area contributed by atoms with Gasteiger partial charge >= 0.3 is 0 Å². The lowest BCUT2D eigenvalue weighted by molar-refractivity contribution is 0.456. The summed E-state index contributed by atoms with van der Waals surface area (Å²) in [4.78, 5) is 20.1. The number of hydrogen-bond donors (Lipinski definition) is 1. The Kier molecular flexibility index (Phi) is 6.21. The first kappa shape index (κ1) is 20.6. The lowest BCUT2D eigenvalue weighted by Gasteiger charge is -2.13. The van der Waals surface area contributed by atoms with E-state index in [-0.39, 0.29) is 11.6 Å². The van der Waals surface area contributed by atoms with E-state index in [4.69, 9.17) is 28.2 Å². The zero-order chi connectivity index (χ0) is 21.1. The second-order valence-electron chi connectivity index (χ2n) is 7.49. The number of hydrogen-bond acceptors (Lipinski definition) is 3. The van der Waals surface area contributed by atoms with E-state index in [0.717, 1.165) is 24.8 Å². The fourth-order valence-electron chi connectivity index (χ4n) is 3.60. The number of nitrogens with zero attached hydrogens (tertiary/aromatic N) is 3. The van der Waals surface area contributed by atoms with Crippen molar-refractivity contribution in [3.8, 4) is 0 Å². The van der Waals surface area contributed by atoms with E-state index >= 15 is 0 Å². The predicted octanol–water partition coefficient (Wildman–Crippen LogP) is 5.60. The maximum Gasteiger partial charge on any atom is 0.262 e. The maximum atomic E-state index is 12.5. The molecule has 1 unspecified atom stereocenters. The molecular weight excluding hydrogens is 419 g/mol. The minimum atomic E-state index is -0.183. The third kappa shape index (κ3) is 4.58. The van der Waals surface area contributed by atoms with Crippen molar-refractivity contribution in [1.29, 1.82) is 0 Å². The van der Waals surface area contributed by atoms with Crippen LogP contribution in [0.3, 0.4) is 0 Å². The number of benzene rings is 2. The Morgan fingerprint density at radius 1 is 1.07 bits per heavy atom. The molecule has 5 nitrogen and oxygen atoms in total. The molecule has 0 aliphatic heterocycles. The monoisotopic (exact) mass is 440 g/mol. The molecular formula is C23H22Cl2N4O. The van der Waals surface area contributed by atoms with Crippen LogP contribution in [-0.4, -0.2) is 19.7 Å². The third-order valence-electron chi connectivity index (χ3n) is 5.22. The summed E-state index contributed by atoms with van der Waals surface area (Å²) in [6.07, 6.45) is 5.04. The van der Waals surface area contributed by atoms with Gasteiger partial charge in [0.25, 0.3) is 5.56 Å². The molecule has 0 saturated heterocycles. The summed E-state index contributed by atoms with van der Waals surface area (Å²) < 4.78 is 1.86. The minimum absolute atomic E-state index is 0.137. The number of halogens is 2. The van der Waals surface area contributed by atoms with Crippen LogP contribution in [-0.2, 0) is 12.8 Å². The number of aryl methyl sites for hydroxylation is 1. The van der Waals surface area contributed by atoms with Gasteiger partial charge in [-0.05, 0) is 49.4 Å². The van der Waals surface area contributed by atoms with Crippen molar-refractivity contribution in [3.63, 3.8) is 0 Å². The van der Waals surface area contributed by atoms with E-state index < -0.39 is 0 Å². The molecule has 0 radical (unpaired) electrons. The molecule has 1 atom stereocenters. The van der Waals surface area contributed by atoms with Crippen LogP contribution in [0.5, 0.6) is 0 Å². The van der Waals surface area contributed by atoms with E-state index in [9.17, 15) is 4.79 Å². The third-order valence-corrected chi connectivity index (χ3v) is 5.95. The Balaban J connectivity index is 1.53. The molecule has 0 fully saturated rings. The Labute approximate surface area is 184 Å². The van der Waals surface area contributed by atoms with Crippen molar-refractivity contribution < 1.29 is 0 Å². The van der Waals surface area contributed by atoms with Crippen LogP contribution in [0, 0.1) is 0 Å². The van der Waals surface area contributed by atoms with Gasteiger partial charge in [-0.2, -0.15) is 5.10 Å². The molecule has 4 aromatic rings. The van der Waals surface area contributed by atoms with E-state index in [1.54, 1.807) is 18.3 Å². The van der Waals surface area contributed by atoms with Gasteiger partial charge < -0.3 is 4.98 Å². The lowest BCUT2D eigenvalue weighted by atomic mass is 10.1. The standard InChI is InChI=1S/C23H22Cl2N4O/c1-15(6-5-9-16-7-3-2-4-8-16)29-22-18(14-26-29)23(30)28-21(27-22)13-17-10-11-19(24)20(25)12-17/h2-4,7-8,10-12,14-15H,5-6,9,13H2,1H3,(H,27,28,30). The molecule has 0 bridgehead atoms. The van der Waals surface area contributed by atoms with Crippen molar-refractivity contribution in [2.45, 2.75) is 38.6 Å². The first-order valence-corrected chi connectivity index (χ1v) is 10.7. The zero-order valence-electron chi connectivity index (χ0n) is 16.6. The maximum absolute atomic E-state index is 12.5. The fourth-order valence-corrected chi connectivity index (χ4v) is 3.92. The summed E-state index contributed by atoms with van der Waals surface area (Å²) in [5, 5.41) is 5.93. The SMILES string of the molecule is CC(CCCc1ccccc1)n1ncc2c(=O)[nH]c(Cc3ccc(Cl)c(Cl)c3)nc21. The van der Waals surface area contributed by atoms with Gasteiger partial charge in [-0.25, -0.2) is 9.67 Å². The highest BCUT2D eigenvalue weighted by Gasteiger charge is 2.15. The molecule has 0 saturated carbocycles. The molecule has 30 heavy (non-hydrogen) atoms. The average Bonchev–Trinajstić information content (AvgIpc) is 3.16. The molecule has 0 amide bonds. The smallest absolute Gasteiger partial charge is 0.262 e. The number of aromatic nitrogens is 4. The molecule has 154 valence electrons. The lowest BCUT2D eigenvalue weighted by Crippen LogP contribution is -2.14. The molecule has 2 aromatic heterocycles. The summed E-state index contributed by atoms with van der Waals surface area (Å²) in [7, 11) is 0. The summed E-state index contributed by atoms with van der Waals surface area (Å²) >= 11 is 12.1. The fraction of sp³-hybridized carbons (Fsp3) is 0.261. The van der Waals surface area contributed by atoms with E-state index in [1.165, 1.54) is 5.56 Å². The van der Waals surface area contributed by atoms with Crippen LogP contribution in [0.2, 0.25) is 10.0 Å². The van der Waals surface area contributed by atoms with Gasteiger partial charge in [0.05, 0.1) is 22.3 Å². The van der Waals surface area contributed by atoms with Crippen molar-refractivity contribution in [1.82, 2.24) is 19.7 Å². The van der Waals surface area contributed by atoms with E-state index in [0.29, 0.717) is 33.3 Å². The molecule has 2 aromatic carbocycles. The van der Waals surface area contributed by atoms with Gasteiger partial charge in [-0.3, -0.25) is 4.79 Å². The Bertz CT molecular complexity index is 1220. The number of nitrogens with one attached hydrogen (secondary N) is 1. The Morgan fingerprint density at radius 3 is 2.63 bits per heavy atom. The van der Waals surface area contributed by atoms with Gasteiger partial charge in [-0.15, -0.1) is 0 Å². The van der Waals surface area contributed by atoms with Crippen molar-refractivity contribution in [2.24, 2.45) is 0 Å². The summed E-state index contributed by atoms with van der Waals surface area (Å²) in [6.45, 7) is 2.11. The molecule has 0 aliphatic rings. The highest BCUT2D eigenvalue weighted by molar-refractivity contribution is 6.42. The normalized spacial score (nSPS) is 12.4. The quantitative estimate of drug-likeness (QED) is 0.406. The van der Waals surface area contributed by atoms with Crippen LogP contribution < -0.4 is 5.56 Å². The second-order valence-corrected chi connectivity index (χ2v) is 8.31. The van der Waals surface area contributed by atoms with Crippen molar-refractivity contribution >= 4 is 34.2 Å². The number of fused-ring (bicyclic) bond motifs is 1. The van der Waals surface area contributed by atoms with E-state index in [1.807, 2.05) is 16.8 Å². The first-order chi connectivity index (χ1) is 14.5. The van der Waals surface area contributed by atoms with Crippen molar-refractivity contribution in [2.75, 3.05) is 0 Å². The van der Waals surface area contributed by atoms with Gasteiger partial charge in [-0.1, -0.05) is 59.6 Å². The number of rotatable bonds is 7. The van der Waals surface area contributed by atoms with Crippen molar-refractivity contribution in [3.05, 3.63) is 92.1 Å². The molecule has 0 spiro atoms. The summed E-state index contributed by atoms with van der Waals surface area (Å²) in [6, 6.07) is 16.0. The van der Waals surface area contributed by atoms with Crippen LogP contribution >= 0.6 is 23.2 Å². The average molecular weight is 441 g/mol. The Morgan fingerprint density at radius 2 is 1.87 bits per heavy atom. The van der Waals surface area contributed by atoms with Crippen LogP contribution in [0.15, 0.2) is 59.5 Å². The highest BCUT2D eigenvalue weighted by atomic mass is 35.5. The van der Waals surface area contributed by atoms with Gasteiger partial charge in [0.1, 0.15) is 11.2 Å². The predicted molar refractivity (Wildman–Crippen MR) is 122 cm³/mol. The summed E-state index contributed by atoms with van der Waals surface area (Å²) in [5.41, 5.74) is 2.68. The molecule has 1 N–H and O–H groups in total. The van der Waals surface area contributed by atoms with Crippen LogP contribution in [0.1, 0.15) is 42.8 Å². The number of H-pyrrole nitrogens is 1. The molecule has 2 heterocycles. The Hall–Kier alpha value is -2.63. The largest absolute Gasteiger partial charge is 0.310 e. The van der Waals surface area contributed by atoms with Gasteiger partial charge in [0.15, 0.2) is 5.65 Å². The second kappa shape index (κ2) is 9.02. The van der Waals surface area contributed by atoms with Gasteiger partial charge in [0.2, 0.25) is 0 Å².